The second-order valence-corrected chi connectivity index (χ2v) is 6.14. The third kappa shape index (κ3) is 3.49. The highest BCUT2D eigenvalue weighted by atomic mass is 16.4. The third-order valence-electron chi connectivity index (χ3n) is 4.06. The van der Waals surface area contributed by atoms with Gasteiger partial charge in [-0.2, -0.15) is 0 Å². The van der Waals surface area contributed by atoms with Gasteiger partial charge in [0.1, 0.15) is 0 Å². The second-order valence-electron chi connectivity index (χ2n) is 6.14. The monoisotopic (exact) mass is 287 g/mol. The molecule has 0 saturated carbocycles. The SMILES string of the molecule is Cc1ccc(-c2nnc(CN3CCC(C)(O)CC3)o2)cc1. The van der Waals surface area contributed by atoms with Gasteiger partial charge in [0.2, 0.25) is 11.8 Å². The summed E-state index contributed by atoms with van der Waals surface area (Å²) >= 11 is 0. The van der Waals surface area contributed by atoms with Crippen molar-refractivity contribution in [1.82, 2.24) is 15.1 Å². The Labute approximate surface area is 124 Å². The highest BCUT2D eigenvalue weighted by Crippen LogP contribution is 2.23. The van der Waals surface area contributed by atoms with Crippen molar-refractivity contribution in [3.05, 3.63) is 35.7 Å². The van der Waals surface area contributed by atoms with E-state index >= 15 is 0 Å². The Morgan fingerprint density at radius 2 is 1.86 bits per heavy atom. The van der Waals surface area contributed by atoms with Crippen LogP contribution in [0, 0.1) is 6.92 Å². The maximum atomic E-state index is 9.96. The van der Waals surface area contributed by atoms with Crippen LogP contribution in [0.3, 0.4) is 0 Å². The Morgan fingerprint density at radius 3 is 2.52 bits per heavy atom. The zero-order chi connectivity index (χ0) is 14.9. The fraction of sp³-hybridized carbons (Fsp3) is 0.500. The van der Waals surface area contributed by atoms with Crippen molar-refractivity contribution in [2.45, 2.75) is 38.8 Å². The van der Waals surface area contributed by atoms with E-state index in [-0.39, 0.29) is 0 Å². The third-order valence-corrected chi connectivity index (χ3v) is 4.06. The van der Waals surface area contributed by atoms with Crippen molar-refractivity contribution in [1.29, 1.82) is 0 Å². The van der Waals surface area contributed by atoms with Crippen molar-refractivity contribution in [3.8, 4) is 11.5 Å². The van der Waals surface area contributed by atoms with Gasteiger partial charge in [-0.3, -0.25) is 4.90 Å². The van der Waals surface area contributed by atoms with Gasteiger partial charge in [-0.1, -0.05) is 17.7 Å². The van der Waals surface area contributed by atoms with Crippen LogP contribution < -0.4 is 0 Å². The minimum atomic E-state index is -0.529. The largest absolute Gasteiger partial charge is 0.419 e. The van der Waals surface area contributed by atoms with E-state index in [4.69, 9.17) is 4.42 Å². The zero-order valence-electron chi connectivity index (χ0n) is 12.5. The average molecular weight is 287 g/mol. The van der Waals surface area contributed by atoms with Crippen LogP contribution in [0.5, 0.6) is 0 Å². The van der Waals surface area contributed by atoms with Crippen molar-refractivity contribution < 1.29 is 9.52 Å². The molecule has 112 valence electrons. The van der Waals surface area contributed by atoms with E-state index in [2.05, 4.69) is 15.1 Å². The van der Waals surface area contributed by atoms with Crippen LogP contribution in [0.25, 0.3) is 11.5 Å². The number of likely N-dealkylation sites (tertiary alicyclic amines) is 1. The summed E-state index contributed by atoms with van der Waals surface area (Å²) in [5.41, 5.74) is 1.62. The first-order valence-corrected chi connectivity index (χ1v) is 7.36. The van der Waals surface area contributed by atoms with E-state index < -0.39 is 5.60 Å². The molecule has 1 N–H and O–H groups in total. The van der Waals surface area contributed by atoms with Crippen molar-refractivity contribution in [2.24, 2.45) is 0 Å². The van der Waals surface area contributed by atoms with Crippen molar-refractivity contribution in [3.63, 3.8) is 0 Å². The molecule has 0 radical (unpaired) electrons. The lowest BCUT2D eigenvalue weighted by molar-refractivity contribution is -0.00906. The maximum Gasteiger partial charge on any atom is 0.247 e. The highest BCUT2D eigenvalue weighted by molar-refractivity contribution is 5.52. The van der Waals surface area contributed by atoms with Gasteiger partial charge in [0.15, 0.2) is 0 Å². The number of hydrogen-bond donors (Lipinski definition) is 1. The summed E-state index contributed by atoms with van der Waals surface area (Å²) < 4.78 is 5.74. The predicted octanol–water partition coefficient (Wildman–Crippen LogP) is 2.39. The van der Waals surface area contributed by atoms with Crippen molar-refractivity contribution in [2.75, 3.05) is 13.1 Å². The number of aryl methyl sites for hydroxylation is 1. The molecule has 3 rings (SSSR count). The summed E-state index contributed by atoms with van der Waals surface area (Å²) in [4.78, 5) is 2.24. The molecule has 21 heavy (non-hydrogen) atoms. The van der Waals surface area contributed by atoms with Gasteiger partial charge in [-0.15, -0.1) is 10.2 Å². The van der Waals surface area contributed by atoms with Crippen molar-refractivity contribution >= 4 is 0 Å². The molecule has 1 aliphatic heterocycles. The Balaban J connectivity index is 1.64. The Morgan fingerprint density at radius 1 is 1.19 bits per heavy atom. The molecule has 0 aliphatic carbocycles. The number of aromatic nitrogens is 2. The van der Waals surface area contributed by atoms with Crippen LogP contribution in [0.2, 0.25) is 0 Å². The van der Waals surface area contributed by atoms with Gasteiger partial charge < -0.3 is 9.52 Å². The number of piperidine rings is 1. The standard InChI is InChI=1S/C16H21N3O2/c1-12-3-5-13(6-4-12)15-18-17-14(21-15)11-19-9-7-16(2,20)8-10-19/h3-6,20H,7-11H2,1-2H3. The smallest absolute Gasteiger partial charge is 0.247 e. The summed E-state index contributed by atoms with van der Waals surface area (Å²) in [6.07, 6.45) is 1.57. The molecule has 0 unspecified atom stereocenters. The molecule has 0 atom stereocenters. The summed E-state index contributed by atoms with van der Waals surface area (Å²) in [6, 6.07) is 8.05. The minimum absolute atomic E-state index is 0.529. The van der Waals surface area contributed by atoms with Crippen LogP contribution in [0.15, 0.2) is 28.7 Å². The molecule has 0 bridgehead atoms. The first kappa shape index (κ1) is 14.2. The lowest BCUT2D eigenvalue weighted by atomic mass is 9.94. The number of aliphatic hydroxyl groups is 1. The molecule has 1 aromatic carbocycles. The van der Waals surface area contributed by atoms with Crippen LogP contribution in [-0.4, -0.2) is 38.9 Å². The van der Waals surface area contributed by atoms with Gasteiger partial charge in [0, 0.05) is 18.7 Å². The second kappa shape index (κ2) is 5.58. The summed E-state index contributed by atoms with van der Waals surface area (Å²) in [5, 5.41) is 18.2. The fourth-order valence-corrected chi connectivity index (χ4v) is 2.51. The van der Waals surface area contributed by atoms with E-state index in [1.54, 1.807) is 0 Å². The maximum absolute atomic E-state index is 9.96. The molecule has 2 heterocycles. The first-order chi connectivity index (χ1) is 10.0. The molecule has 2 aromatic rings. The van der Waals surface area contributed by atoms with Gasteiger partial charge in [0.25, 0.3) is 0 Å². The number of rotatable bonds is 3. The van der Waals surface area contributed by atoms with E-state index in [0.29, 0.717) is 18.3 Å². The number of hydrogen-bond acceptors (Lipinski definition) is 5. The fourth-order valence-electron chi connectivity index (χ4n) is 2.51. The van der Waals surface area contributed by atoms with Crippen LogP contribution in [0.1, 0.15) is 31.2 Å². The lowest BCUT2D eigenvalue weighted by Crippen LogP contribution is -2.42. The summed E-state index contributed by atoms with van der Waals surface area (Å²) in [7, 11) is 0. The molecule has 1 saturated heterocycles. The summed E-state index contributed by atoms with van der Waals surface area (Å²) in [6.45, 7) is 6.31. The first-order valence-electron chi connectivity index (χ1n) is 7.36. The molecule has 5 heteroatoms. The van der Waals surface area contributed by atoms with Crippen LogP contribution in [-0.2, 0) is 6.54 Å². The summed E-state index contributed by atoms with van der Waals surface area (Å²) in [5.74, 6) is 1.20. The topological polar surface area (TPSA) is 62.4 Å². The number of nitrogens with zero attached hydrogens (tertiary/aromatic N) is 3. The molecule has 5 nitrogen and oxygen atoms in total. The Bertz CT molecular complexity index is 594. The van der Waals surface area contributed by atoms with Gasteiger partial charge in [-0.05, 0) is 38.8 Å². The van der Waals surface area contributed by atoms with Gasteiger partial charge in [-0.25, -0.2) is 0 Å². The average Bonchev–Trinajstić information content (AvgIpc) is 2.91. The molecule has 1 aromatic heterocycles. The number of benzene rings is 1. The molecule has 0 amide bonds. The quantitative estimate of drug-likeness (QED) is 0.939. The van der Waals surface area contributed by atoms with Gasteiger partial charge >= 0.3 is 0 Å². The Hall–Kier alpha value is -1.72. The molecular weight excluding hydrogens is 266 g/mol. The van der Waals surface area contributed by atoms with Crippen LogP contribution in [0.4, 0.5) is 0 Å². The van der Waals surface area contributed by atoms with E-state index in [1.165, 1.54) is 5.56 Å². The highest BCUT2D eigenvalue weighted by Gasteiger charge is 2.28. The normalized spacial score (nSPS) is 18.8. The Kier molecular flexibility index (Phi) is 3.78. The van der Waals surface area contributed by atoms with E-state index in [9.17, 15) is 5.11 Å². The van der Waals surface area contributed by atoms with E-state index in [0.717, 1.165) is 31.5 Å². The minimum Gasteiger partial charge on any atom is -0.419 e. The lowest BCUT2D eigenvalue weighted by Gasteiger charge is -2.34. The molecule has 0 spiro atoms. The molecule has 1 fully saturated rings. The van der Waals surface area contributed by atoms with E-state index in [1.807, 2.05) is 38.1 Å². The van der Waals surface area contributed by atoms with Crippen LogP contribution >= 0.6 is 0 Å². The molecular formula is C16H21N3O2. The zero-order valence-corrected chi connectivity index (χ0v) is 12.5. The predicted molar refractivity (Wildman–Crippen MR) is 79.6 cm³/mol. The van der Waals surface area contributed by atoms with Gasteiger partial charge in [0.05, 0.1) is 12.1 Å². The molecule has 1 aliphatic rings.